The van der Waals surface area contributed by atoms with Crippen molar-refractivity contribution in [2.75, 3.05) is 20.1 Å². The highest BCUT2D eigenvalue weighted by atomic mass is 15.1. The van der Waals surface area contributed by atoms with Crippen LogP contribution in [0.15, 0.2) is 11.6 Å². The fraction of sp³-hybridized carbons (Fsp3) is 0.857. The van der Waals surface area contributed by atoms with E-state index in [4.69, 9.17) is 0 Å². The molecule has 0 N–H and O–H groups in total. The Balaban J connectivity index is 2.22. The van der Waals surface area contributed by atoms with Crippen LogP contribution in [0, 0.1) is 17.8 Å². The van der Waals surface area contributed by atoms with Gasteiger partial charge in [0.2, 0.25) is 0 Å². The lowest BCUT2D eigenvalue weighted by Gasteiger charge is -2.24. The van der Waals surface area contributed by atoms with Crippen LogP contribution in [-0.4, -0.2) is 25.0 Å². The van der Waals surface area contributed by atoms with Crippen LogP contribution in [0.5, 0.6) is 0 Å². The molecule has 15 heavy (non-hydrogen) atoms. The Labute approximate surface area is 94.5 Å². The first kappa shape index (κ1) is 11.2. The van der Waals surface area contributed by atoms with E-state index in [0.717, 1.165) is 17.8 Å². The van der Waals surface area contributed by atoms with Crippen LogP contribution in [-0.2, 0) is 0 Å². The van der Waals surface area contributed by atoms with Gasteiger partial charge in [-0.15, -0.1) is 0 Å². The number of hydrogen-bond donors (Lipinski definition) is 0. The molecule has 2 bridgehead atoms. The molecule has 1 saturated heterocycles. The van der Waals surface area contributed by atoms with Crippen LogP contribution in [0.1, 0.15) is 39.5 Å². The minimum absolute atomic E-state index is 0.835. The summed E-state index contributed by atoms with van der Waals surface area (Å²) in [6.45, 7) is 7.35. The fourth-order valence-corrected chi connectivity index (χ4v) is 3.46. The van der Waals surface area contributed by atoms with Crippen molar-refractivity contribution < 1.29 is 0 Å². The third kappa shape index (κ3) is 2.84. The molecular weight excluding hydrogens is 182 g/mol. The Kier molecular flexibility index (Phi) is 3.50. The van der Waals surface area contributed by atoms with E-state index in [1.165, 1.54) is 38.8 Å². The smallest absolute Gasteiger partial charge is 0.000979 e. The first-order valence-electron chi connectivity index (χ1n) is 6.51. The van der Waals surface area contributed by atoms with Crippen LogP contribution >= 0.6 is 0 Å². The predicted octanol–water partition coefficient (Wildman–Crippen LogP) is 3.32. The Morgan fingerprint density at radius 2 is 2.07 bits per heavy atom. The molecule has 0 spiro atoms. The van der Waals surface area contributed by atoms with E-state index in [0.29, 0.717) is 0 Å². The SMILES string of the molecule is C/C1=C/C2CCCC(C1)CN(C)CC2C. The molecule has 0 aromatic rings. The molecule has 1 nitrogen and oxygen atoms in total. The van der Waals surface area contributed by atoms with Gasteiger partial charge in [0, 0.05) is 13.1 Å². The Morgan fingerprint density at radius 3 is 2.87 bits per heavy atom. The largest absolute Gasteiger partial charge is 0.306 e. The zero-order chi connectivity index (χ0) is 10.8. The van der Waals surface area contributed by atoms with E-state index in [9.17, 15) is 0 Å². The van der Waals surface area contributed by atoms with Crippen molar-refractivity contribution in [3.8, 4) is 0 Å². The molecule has 2 aliphatic heterocycles. The van der Waals surface area contributed by atoms with E-state index in [1.807, 2.05) is 0 Å². The van der Waals surface area contributed by atoms with Gasteiger partial charge in [0.1, 0.15) is 0 Å². The van der Waals surface area contributed by atoms with Crippen molar-refractivity contribution in [3.05, 3.63) is 11.6 Å². The summed E-state index contributed by atoms with van der Waals surface area (Å²) >= 11 is 0. The van der Waals surface area contributed by atoms with E-state index in [1.54, 1.807) is 5.57 Å². The van der Waals surface area contributed by atoms with Gasteiger partial charge >= 0.3 is 0 Å². The molecule has 3 rings (SSSR count). The Bertz CT molecular complexity index is 244. The molecule has 1 aliphatic carbocycles. The van der Waals surface area contributed by atoms with Crippen LogP contribution in [0.2, 0.25) is 0 Å². The van der Waals surface area contributed by atoms with Crippen LogP contribution < -0.4 is 0 Å². The van der Waals surface area contributed by atoms with Gasteiger partial charge in [-0.2, -0.15) is 0 Å². The number of nitrogens with zero attached hydrogens (tertiary/aromatic N) is 1. The maximum atomic E-state index is 2.58. The van der Waals surface area contributed by atoms with Gasteiger partial charge in [-0.25, -0.2) is 0 Å². The second-order valence-electron chi connectivity index (χ2n) is 5.88. The van der Waals surface area contributed by atoms with Gasteiger partial charge in [0.15, 0.2) is 0 Å². The van der Waals surface area contributed by atoms with Crippen molar-refractivity contribution in [2.24, 2.45) is 17.8 Å². The molecule has 0 saturated carbocycles. The highest BCUT2D eigenvalue weighted by Crippen LogP contribution is 2.32. The van der Waals surface area contributed by atoms with Gasteiger partial charge in [-0.1, -0.05) is 25.0 Å². The minimum atomic E-state index is 0.835. The summed E-state index contributed by atoms with van der Waals surface area (Å²) < 4.78 is 0. The normalized spacial score (nSPS) is 42.3. The summed E-state index contributed by atoms with van der Waals surface area (Å²) in [5, 5.41) is 0. The summed E-state index contributed by atoms with van der Waals surface area (Å²) in [6, 6.07) is 0. The number of rotatable bonds is 0. The first-order chi connectivity index (χ1) is 7.15. The third-order valence-electron chi connectivity index (χ3n) is 4.16. The molecule has 3 atom stereocenters. The molecule has 2 heterocycles. The van der Waals surface area contributed by atoms with Crippen molar-refractivity contribution in [1.29, 1.82) is 0 Å². The zero-order valence-corrected chi connectivity index (χ0v) is 10.5. The molecule has 3 aliphatic rings. The highest BCUT2D eigenvalue weighted by molar-refractivity contribution is 5.06. The van der Waals surface area contributed by atoms with Crippen LogP contribution in [0.25, 0.3) is 0 Å². The van der Waals surface area contributed by atoms with E-state index >= 15 is 0 Å². The van der Waals surface area contributed by atoms with Crippen molar-refractivity contribution in [2.45, 2.75) is 39.5 Å². The Hall–Kier alpha value is -0.300. The summed E-state index contributed by atoms with van der Waals surface area (Å²) in [4.78, 5) is 2.56. The summed E-state index contributed by atoms with van der Waals surface area (Å²) in [5.74, 6) is 2.59. The van der Waals surface area contributed by atoms with E-state index in [-0.39, 0.29) is 0 Å². The zero-order valence-electron chi connectivity index (χ0n) is 10.5. The molecule has 86 valence electrons. The van der Waals surface area contributed by atoms with Crippen molar-refractivity contribution >= 4 is 0 Å². The third-order valence-corrected chi connectivity index (χ3v) is 4.16. The first-order valence-corrected chi connectivity index (χ1v) is 6.51. The van der Waals surface area contributed by atoms with Gasteiger partial charge in [0.05, 0.1) is 0 Å². The molecule has 0 amide bonds. The summed E-state index contributed by atoms with van der Waals surface area (Å²) in [5.41, 5.74) is 1.65. The number of hydrogen-bond acceptors (Lipinski definition) is 1. The standard InChI is InChI=1S/C14H25N/c1-11-7-13-5-4-6-14(8-11)12(2)9-15(3)10-13/h8,12-14H,4-7,9-10H2,1-3H3/b11-8-. The van der Waals surface area contributed by atoms with Gasteiger partial charge in [-0.3, -0.25) is 0 Å². The monoisotopic (exact) mass is 207 g/mol. The second kappa shape index (κ2) is 4.69. The number of allylic oxidation sites excluding steroid dienone is 2. The molecule has 0 aromatic heterocycles. The minimum Gasteiger partial charge on any atom is -0.306 e. The maximum Gasteiger partial charge on any atom is 0.000979 e. The summed E-state index contributed by atoms with van der Waals surface area (Å²) in [6.07, 6.45) is 8.22. The predicted molar refractivity (Wildman–Crippen MR) is 65.9 cm³/mol. The molecule has 1 heteroatoms. The molecule has 3 unspecified atom stereocenters. The van der Waals surface area contributed by atoms with E-state index < -0.39 is 0 Å². The maximum absolute atomic E-state index is 2.58. The topological polar surface area (TPSA) is 3.24 Å². The molecule has 0 radical (unpaired) electrons. The lowest BCUT2D eigenvalue weighted by molar-refractivity contribution is 0.236. The quantitative estimate of drug-likeness (QED) is 0.551. The van der Waals surface area contributed by atoms with Crippen molar-refractivity contribution in [1.82, 2.24) is 4.90 Å². The average Bonchev–Trinajstić information content (AvgIpc) is 2.19. The summed E-state index contributed by atoms with van der Waals surface area (Å²) in [7, 11) is 2.30. The molecular formula is C14H25N. The van der Waals surface area contributed by atoms with Gasteiger partial charge in [0.25, 0.3) is 0 Å². The number of fused-ring (bicyclic) bond motifs is 6. The average molecular weight is 207 g/mol. The van der Waals surface area contributed by atoms with Crippen LogP contribution in [0.4, 0.5) is 0 Å². The lowest BCUT2D eigenvalue weighted by atomic mass is 9.83. The van der Waals surface area contributed by atoms with Crippen LogP contribution in [0.3, 0.4) is 0 Å². The highest BCUT2D eigenvalue weighted by Gasteiger charge is 2.24. The van der Waals surface area contributed by atoms with Gasteiger partial charge < -0.3 is 4.90 Å². The second-order valence-corrected chi connectivity index (χ2v) is 5.88. The Morgan fingerprint density at radius 1 is 1.27 bits per heavy atom. The molecule has 0 aromatic carbocycles. The van der Waals surface area contributed by atoms with Crippen molar-refractivity contribution in [3.63, 3.8) is 0 Å². The fourth-order valence-electron chi connectivity index (χ4n) is 3.46. The molecule has 1 fully saturated rings. The van der Waals surface area contributed by atoms with Gasteiger partial charge in [-0.05, 0) is 51.0 Å². The lowest BCUT2D eigenvalue weighted by Crippen LogP contribution is -2.30. The van der Waals surface area contributed by atoms with E-state index in [2.05, 4.69) is 31.9 Å².